The lowest BCUT2D eigenvalue weighted by Crippen LogP contribution is -2.13. The summed E-state index contributed by atoms with van der Waals surface area (Å²) in [4.78, 5) is 17.4. The fourth-order valence-electron chi connectivity index (χ4n) is 3.56. The van der Waals surface area contributed by atoms with Gasteiger partial charge in [0.2, 0.25) is 0 Å². The summed E-state index contributed by atoms with van der Waals surface area (Å²) in [6.07, 6.45) is 2.64. The molecule has 4 aromatic rings. The Balaban J connectivity index is 1.55. The van der Waals surface area contributed by atoms with E-state index in [1.54, 1.807) is 30.5 Å². The number of fused-ring (bicyclic) bond motifs is 1. The highest BCUT2D eigenvalue weighted by molar-refractivity contribution is 6.20. The minimum Gasteiger partial charge on any atom is -0.322 e. The summed E-state index contributed by atoms with van der Waals surface area (Å²) in [5.41, 5.74) is 5.82. The maximum Gasteiger partial charge on any atom is 0.255 e. The van der Waals surface area contributed by atoms with Crippen molar-refractivity contribution in [2.75, 3.05) is 5.32 Å². The van der Waals surface area contributed by atoms with Crippen LogP contribution in [0.4, 0.5) is 10.1 Å². The number of halogens is 2. The van der Waals surface area contributed by atoms with Crippen molar-refractivity contribution in [3.63, 3.8) is 0 Å². The van der Waals surface area contributed by atoms with E-state index in [1.807, 2.05) is 38.1 Å². The second-order valence-corrected chi connectivity index (χ2v) is 8.02. The number of alkyl halides is 1. The van der Waals surface area contributed by atoms with Gasteiger partial charge in [-0.25, -0.2) is 4.39 Å². The van der Waals surface area contributed by atoms with E-state index in [2.05, 4.69) is 16.4 Å². The Kier molecular flexibility index (Phi) is 6.01. The first kappa shape index (κ1) is 21.0. The molecule has 0 aliphatic carbocycles. The third-order valence-electron chi connectivity index (χ3n) is 5.42. The van der Waals surface area contributed by atoms with Gasteiger partial charge in [-0.05, 0) is 72.0 Å². The van der Waals surface area contributed by atoms with Crippen LogP contribution in [-0.4, -0.2) is 10.9 Å². The third kappa shape index (κ3) is 4.44. The fraction of sp³-hybridized carbons (Fsp3) is 0.154. The molecule has 156 valence electrons. The molecule has 0 bridgehead atoms. The van der Waals surface area contributed by atoms with Gasteiger partial charge in [0.15, 0.2) is 0 Å². The lowest BCUT2D eigenvalue weighted by Gasteiger charge is -2.13. The molecule has 0 saturated carbocycles. The zero-order chi connectivity index (χ0) is 22.0. The third-order valence-corrected chi connectivity index (χ3v) is 5.98. The molecule has 0 fully saturated rings. The van der Waals surface area contributed by atoms with Gasteiger partial charge in [-0.1, -0.05) is 37.3 Å². The van der Waals surface area contributed by atoms with Crippen LogP contribution in [0.25, 0.3) is 22.0 Å². The van der Waals surface area contributed by atoms with Crippen LogP contribution in [-0.2, 0) is 0 Å². The standard InChI is InChI=1S/C26H22ClFN2O/c1-3-23(27)21-14-20-10-13-24(16(2)25(20)29-15-21)30-26(31)19-6-4-17(5-7-19)18-8-11-22(28)12-9-18/h4-15,23H,3H2,1-2H3,(H,30,31). The van der Waals surface area contributed by atoms with Crippen molar-refractivity contribution < 1.29 is 9.18 Å². The average molecular weight is 433 g/mol. The van der Waals surface area contributed by atoms with Crippen molar-refractivity contribution in [3.8, 4) is 11.1 Å². The molecule has 0 saturated heterocycles. The molecule has 5 heteroatoms. The quantitative estimate of drug-likeness (QED) is 0.336. The SMILES string of the molecule is CCC(Cl)c1cnc2c(C)c(NC(=O)c3ccc(-c4ccc(F)cc4)cc3)ccc2c1. The number of hydrogen-bond acceptors (Lipinski definition) is 2. The number of rotatable bonds is 5. The number of anilines is 1. The minimum atomic E-state index is -0.274. The summed E-state index contributed by atoms with van der Waals surface area (Å²) >= 11 is 6.34. The molecular weight excluding hydrogens is 411 g/mol. The Hall–Kier alpha value is -3.24. The van der Waals surface area contributed by atoms with E-state index < -0.39 is 0 Å². The average Bonchev–Trinajstić information content (AvgIpc) is 2.80. The molecular formula is C26H22ClFN2O. The number of pyridine rings is 1. The van der Waals surface area contributed by atoms with Crippen LogP contribution in [0.15, 0.2) is 72.9 Å². The van der Waals surface area contributed by atoms with E-state index in [-0.39, 0.29) is 17.1 Å². The predicted octanol–water partition coefficient (Wildman–Crippen LogP) is 7.29. The minimum absolute atomic E-state index is 0.0607. The fourth-order valence-corrected chi connectivity index (χ4v) is 3.68. The summed E-state index contributed by atoms with van der Waals surface area (Å²) in [5, 5.41) is 3.91. The topological polar surface area (TPSA) is 42.0 Å². The van der Waals surface area contributed by atoms with E-state index >= 15 is 0 Å². The second kappa shape index (κ2) is 8.86. The summed E-state index contributed by atoms with van der Waals surface area (Å²) in [5.74, 6) is -0.472. The van der Waals surface area contributed by atoms with E-state index in [0.29, 0.717) is 5.56 Å². The Morgan fingerprint density at radius 1 is 1.03 bits per heavy atom. The van der Waals surface area contributed by atoms with Crippen LogP contribution in [0.2, 0.25) is 0 Å². The molecule has 1 heterocycles. The number of benzene rings is 3. The van der Waals surface area contributed by atoms with Crippen molar-refractivity contribution in [1.82, 2.24) is 4.98 Å². The highest BCUT2D eigenvalue weighted by atomic mass is 35.5. The van der Waals surface area contributed by atoms with E-state index in [4.69, 9.17) is 11.6 Å². The van der Waals surface area contributed by atoms with Crippen LogP contribution < -0.4 is 5.32 Å². The smallest absolute Gasteiger partial charge is 0.255 e. The van der Waals surface area contributed by atoms with E-state index in [9.17, 15) is 9.18 Å². The number of amides is 1. The Labute approximate surface area is 185 Å². The number of carbonyl (C=O) groups is 1. The molecule has 3 nitrogen and oxygen atoms in total. The van der Waals surface area contributed by atoms with Gasteiger partial charge < -0.3 is 5.32 Å². The zero-order valence-corrected chi connectivity index (χ0v) is 18.1. The zero-order valence-electron chi connectivity index (χ0n) is 17.3. The molecule has 0 radical (unpaired) electrons. The Morgan fingerprint density at radius 3 is 2.32 bits per heavy atom. The first-order valence-electron chi connectivity index (χ1n) is 10.2. The molecule has 0 aliphatic heterocycles. The van der Waals surface area contributed by atoms with Gasteiger partial charge >= 0.3 is 0 Å². The molecule has 3 aromatic carbocycles. The first-order valence-corrected chi connectivity index (χ1v) is 10.6. The maximum atomic E-state index is 13.1. The van der Waals surface area contributed by atoms with E-state index in [1.165, 1.54) is 12.1 Å². The lowest BCUT2D eigenvalue weighted by molar-refractivity contribution is 0.102. The summed E-state index contributed by atoms with van der Waals surface area (Å²) < 4.78 is 13.1. The molecule has 31 heavy (non-hydrogen) atoms. The van der Waals surface area contributed by atoms with Gasteiger partial charge in [0.05, 0.1) is 10.9 Å². The van der Waals surface area contributed by atoms with E-state index in [0.717, 1.165) is 45.3 Å². The van der Waals surface area contributed by atoms with Crippen LogP contribution in [0.3, 0.4) is 0 Å². The monoisotopic (exact) mass is 432 g/mol. The number of hydrogen-bond donors (Lipinski definition) is 1. The Bertz CT molecular complexity index is 1240. The van der Waals surface area contributed by atoms with Crippen LogP contribution in [0, 0.1) is 12.7 Å². The van der Waals surface area contributed by atoms with Gasteiger partial charge in [0.25, 0.3) is 5.91 Å². The van der Waals surface area contributed by atoms with Gasteiger partial charge in [-0.15, -0.1) is 11.6 Å². The molecule has 4 rings (SSSR count). The predicted molar refractivity (Wildman–Crippen MR) is 125 cm³/mol. The Morgan fingerprint density at radius 2 is 1.68 bits per heavy atom. The molecule has 1 unspecified atom stereocenters. The normalized spacial score (nSPS) is 12.0. The highest BCUT2D eigenvalue weighted by Crippen LogP contribution is 2.29. The first-order chi connectivity index (χ1) is 15.0. The van der Waals surface area contributed by atoms with Crippen molar-refractivity contribution in [2.45, 2.75) is 25.6 Å². The van der Waals surface area contributed by atoms with Gasteiger partial charge in [0, 0.05) is 22.8 Å². The lowest BCUT2D eigenvalue weighted by atomic mass is 10.0. The molecule has 1 N–H and O–H groups in total. The number of aromatic nitrogens is 1. The largest absolute Gasteiger partial charge is 0.322 e. The maximum absolute atomic E-state index is 13.1. The molecule has 1 amide bonds. The highest BCUT2D eigenvalue weighted by Gasteiger charge is 2.13. The molecule has 1 atom stereocenters. The number of nitrogens with one attached hydrogen (secondary N) is 1. The second-order valence-electron chi connectivity index (χ2n) is 7.49. The van der Waals surface area contributed by atoms with Crippen LogP contribution in [0.5, 0.6) is 0 Å². The number of nitrogens with zero attached hydrogens (tertiary/aromatic N) is 1. The van der Waals surface area contributed by atoms with Gasteiger partial charge in [-0.3, -0.25) is 9.78 Å². The van der Waals surface area contributed by atoms with Crippen molar-refractivity contribution in [1.29, 1.82) is 0 Å². The van der Waals surface area contributed by atoms with Crippen molar-refractivity contribution in [2.24, 2.45) is 0 Å². The summed E-state index contributed by atoms with van der Waals surface area (Å²) in [6, 6.07) is 19.4. The van der Waals surface area contributed by atoms with Crippen molar-refractivity contribution in [3.05, 3.63) is 95.4 Å². The molecule has 0 aliphatic rings. The van der Waals surface area contributed by atoms with Crippen LogP contribution in [0.1, 0.15) is 40.2 Å². The molecule has 1 aromatic heterocycles. The summed E-state index contributed by atoms with van der Waals surface area (Å²) in [6.45, 7) is 3.98. The van der Waals surface area contributed by atoms with Crippen LogP contribution >= 0.6 is 11.6 Å². The van der Waals surface area contributed by atoms with Gasteiger partial charge in [-0.2, -0.15) is 0 Å². The number of carbonyl (C=O) groups excluding carboxylic acids is 1. The molecule has 0 spiro atoms. The summed E-state index contributed by atoms with van der Waals surface area (Å²) in [7, 11) is 0. The van der Waals surface area contributed by atoms with Gasteiger partial charge in [0.1, 0.15) is 5.82 Å². The van der Waals surface area contributed by atoms with Crippen molar-refractivity contribution >= 4 is 34.1 Å². The number of aryl methyl sites for hydroxylation is 1.